The van der Waals surface area contributed by atoms with Gasteiger partial charge in [-0.1, -0.05) is 24.4 Å². The summed E-state index contributed by atoms with van der Waals surface area (Å²) in [6, 6.07) is 5.13. The Morgan fingerprint density at radius 2 is 2.20 bits per heavy atom. The standard InChI is InChI=1S/C15H20ClNO3/c1-10-8-11(6-7-12(10)16)20-9-15(19)17-13-4-2-3-5-14(13)18/h6-8,13-14,18H,2-5,9H2,1H3,(H,17,19). The second-order valence-electron chi connectivity index (χ2n) is 5.23. The molecule has 1 aliphatic carbocycles. The van der Waals surface area contributed by atoms with Gasteiger partial charge in [0.25, 0.3) is 5.91 Å². The summed E-state index contributed by atoms with van der Waals surface area (Å²) in [6.45, 7) is 1.83. The maximum atomic E-state index is 11.8. The zero-order valence-electron chi connectivity index (χ0n) is 11.6. The van der Waals surface area contributed by atoms with Crippen LogP contribution in [0.3, 0.4) is 0 Å². The maximum absolute atomic E-state index is 11.8. The molecule has 0 bridgehead atoms. The number of rotatable bonds is 4. The molecule has 4 nitrogen and oxygen atoms in total. The highest BCUT2D eigenvalue weighted by Gasteiger charge is 2.24. The van der Waals surface area contributed by atoms with Crippen molar-refractivity contribution in [2.24, 2.45) is 0 Å². The van der Waals surface area contributed by atoms with Gasteiger partial charge in [-0.3, -0.25) is 4.79 Å². The third kappa shape index (κ3) is 4.12. The topological polar surface area (TPSA) is 58.6 Å². The zero-order chi connectivity index (χ0) is 14.5. The van der Waals surface area contributed by atoms with Crippen LogP contribution < -0.4 is 10.1 Å². The quantitative estimate of drug-likeness (QED) is 0.897. The molecule has 5 heteroatoms. The van der Waals surface area contributed by atoms with Crippen molar-refractivity contribution in [3.63, 3.8) is 0 Å². The number of halogens is 1. The molecule has 2 unspecified atom stereocenters. The van der Waals surface area contributed by atoms with Crippen LogP contribution in [0.5, 0.6) is 5.75 Å². The predicted molar refractivity (Wildman–Crippen MR) is 78.1 cm³/mol. The molecule has 0 heterocycles. The van der Waals surface area contributed by atoms with E-state index in [1.54, 1.807) is 18.2 Å². The van der Waals surface area contributed by atoms with Crippen LogP contribution in [0.1, 0.15) is 31.2 Å². The first-order valence-electron chi connectivity index (χ1n) is 6.92. The second kappa shape index (κ2) is 6.95. The lowest BCUT2D eigenvalue weighted by atomic mass is 9.92. The Kier molecular flexibility index (Phi) is 5.26. The van der Waals surface area contributed by atoms with E-state index in [0.29, 0.717) is 10.8 Å². The van der Waals surface area contributed by atoms with Gasteiger partial charge in [0.2, 0.25) is 0 Å². The molecule has 1 aliphatic rings. The molecule has 20 heavy (non-hydrogen) atoms. The van der Waals surface area contributed by atoms with E-state index in [0.717, 1.165) is 31.2 Å². The van der Waals surface area contributed by atoms with Crippen LogP contribution in [0.2, 0.25) is 5.02 Å². The minimum absolute atomic E-state index is 0.0513. The van der Waals surface area contributed by atoms with Crippen LogP contribution in [-0.2, 0) is 4.79 Å². The summed E-state index contributed by atoms with van der Waals surface area (Å²) in [5, 5.41) is 13.3. The van der Waals surface area contributed by atoms with Gasteiger partial charge in [-0.2, -0.15) is 0 Å². The number of aryl methyl sites for hydroxylation is 1. The monoisotopic (exact) mass is 297 g/mol. The number of ether oxygens (including phenoxy) is 1. The third-order valence-corrected chi connectivity index (χ3v) is 4.00. The lowest BCUT2D eigenvalue weighted by molar-refractivity contribution is -0.125. The molecule has 0 aliphatic heterocycles. The molecular weight excluding hydrogens is 278 g/mol. The molecule has 1 aromatic rings. The third-order valence-electron chi connectivity index (χ3n) is 3.58. The lowest BCUT2D eigenvalue weighted by Gasteiger charge is -2.28. The van der Waals surface area contributed by atoms with Gasteiger partial charge in [0.1, 0.15) is 5.75 Å². The molecule has 1 amide bonds. The molecular formula is C15H20ClNO3. The van der Waals surface area contributed by atoms with E-state index in [-0.39, 0.29) is 18.6 Å². The fourth-order valence-electron chi connectivity index (χ4n) is 2.38. The van der Waals surface area contributed by atoms with Crippen LogP contribution in [0.25, 0.3) is 0 Å². The summed E-state index contributed by atoms with van der Waals surface area (Å²) >= 11 is 5.93. The van der Waals surface area contributed by atoms with Crippen LogP contribution >= 0.6 is 11.6 Å². The van der Waals surface area contributed by atoms with Gasteiger partial charge in [-0.25, -0.2) is 0 Å². The van der Waals surface area contributed by atoms with Gasteiger partial charge in [0, 0.05) is 5.02 Å². The summed E-state index contributed by atoms with van der Waals surface area (Å²) in [5.41, 5.74) is 0.910. The molecule has 0 aromatic heterocycles. The molecule has 0 saturated heterocycles. The molecule has 2 N–H and O–H groups in total. The molecule has 1 aromatic carbocycles. The highest BCUT2D eigenvalue weighted by atomic mass is 35.5. The highest BCUT2D eigenvalue weighted by Crippen LogP contribution is 2.21. The summed E-state index contributed by atoms with van der Waals surface area (Å²) in [4.78, 5) is 11.8. The minimum Gasteiger partial charge on any atom is -0.484 e. The first kappa shape index (κ1) is 15.1. The summed E-state index contributed by atoms with van der Waals surface area (Å²) in [6.07, 6.45) is 3.20. The van der Waals surface area contributed by atoms with Gasteiger partial charge in [-0.05, 0) is 43.5 Å². The van der Waals surface area contributed by atoms with E-state index < -0.39 is 6.10 Å². The molecule has 1 saturated carbocycles. The van der Waals surface area contributed by atoms with Gasteiger partial charge in [0.05, 0.1) is 12.1 Å². The van der Waals surface area contributed by atoms with Crippen LogP contribution in [0.4, 0.5) is 0 Å². The van der Waals surface area contributed by atoms with Crippen molar-refractivity contribution in [3.05, 3.63) is 28.8 Å². The van der Waals surface area contributed by atoms with E-state index in [9.17, 15) is 9.90 Å². The summed E-state index contributed by atoms with van der Waals surface area (Å²) in [7, 11) is 0. The number of hydrogen-bond donors (Lipinski definition) is 2. The average Bonchev–Trinajstić information content (AvgIpc) is 2.43. The Balaban J connectivity index is 1.81. The Bertz CT molecular complexity index is 478. The largest absolute Gasteiger partial charge is 0.484 e. The van der Waals surface area contributed by atoms with Crippen LogP contribution in [0, 0.1) is 6.92 Å². The lowest BCUT2D eigenvalue weighted by Crippen LogP contribution is -2.46. The van der Waals surface area contributed by atoms with E-state index >= 15 is 0 Å². The molecule has 1 fully saturated rings. The fraction of sp³-hybridized carbons (Fsp3) is 0.533. The normalized spacial score (nSPS) is 22.4. The summed E-state index contributed by atoms with van der Waals surface area (Å²) in [5.74, 6) is 0.412. The van der Waals surface area contributed by atoms with Crippen molar-refractivity contribution in [1.82, 2.24) is 5.32 Å². The average molecular weight is 298 g/mol. The highest BCUT2D eigenvalue weighted by molar-refractivity contribution is 6.31. The number of hydrogen-bond acceptors (Lipinski definition) is 3. The van der Waals surface area contributed by atoms with E-state index in [4.69, 9.17) is 16.3 Å². The van der Waals surface area contributed by atoms with Crippen molar-refractivity contribution >= 4 is 17.5 Å². The number of aliphatic hydroxyl groups excluding tert-OH is 1. The van der Waals surface area contributed by atoms with E-state index in [2.05, 4.69) is 5.32 Å². The number of carbonyl (C=O) groups is 1. The van der Waals surface area contributed by atoms with Crippen LogP contribution in [0.15, 0.2) is 18.2 Å². The van der Waals surface area contributed by atoms with Gasteiger partial charge in [0.15, 0.2) is 6.61 Å². The van der Waals surface area contributed by atoms with Crippen molar-refractivity contribution in [3.8, 4) is 5.75 Å². The SMILES string of the molecule is Cc1cc(OCC(=O)NC2CCCCC2O)ccc1Cl. The molecule has 2 rings (SSSR count). The van der Waals surface area contributed by atoms with Crippen molar-refractivity contribution < 1.29 is 14.6 Å². The van der Waals surface area contributed by atoms with E-state index in [1.807, 2.05) is 6.92 Å². The Morgan fingerprint density at radius 1 is 1.45 bits per heavy atom. The molecule has 0 spiro atoms. The number of carbonyl (C=O) groups excluding carboxylic acids is 1. The predicted octanol–water partition coefficient (Wildman–Crippen LogP) is 2.45. The van der Waals surface area contributed by atoms with Crippen molar-refractivity contribution in [1.29, 1.82) is 0 Å². The smallest absolute Gasteiger partial charge is 0.258 e. The maximum Gasteiger partial charge on any atom is 0.258 e. The van der Waals surface area contributed by atoms with Gasteiger partial charge in [-0.15, -0.1) is 0 Å². The Hall–Kier alpha value is -1.26. The minimum atomic E-state index is -0.439. The molecule has 110 valence electrons. The number of benzene rings is 1. The second-order valence-corrected chi connectivity index (χ2v) is 5.63. The van der Waals surface area contributed by atoms with Gasteiger partial charge >= 0.3 is 0 Å². The molecule has 2 atom stereocenters. The number of amides is 1. The first-order chi connectivity index (χ1) is 9.56. The zero-order valence-corrected chi connectivity index (χ0v) is 12.3. The van der Waals surface area contributed by atoms with Gasteiger partial charge < -0.3 is 15.2 Å². The van der Waals surface area contributed by atoms with Crippen LogP contribution in [-0.4, -0.2) is 29.8 Å². The van der Waals surface area contributed by atoms with E-state index in [1.165, 1.54) is 0 Å². The summed E-state index contributed by atoms with van der Waals surface area (Å²) < 4.78 is 5.43. The Morgan fingerprint density at radius 3 is 2.90 bits per heavy atom. The fourth-order valence-corrected chi connectivity index (χ4v) is 2.50. The number of nitrogens with one attached hydrogen (secondary N) is 1. The first-order valence-corrected chi connectivity index (χ1v) is 7.30. The molecule has 0 radical (unpaired) electrons. The van der Waals surface area contributed by atoms with Crippen molar-refractivity contribution in [2.45, 2.75) is 44.8 Å². The number of aliphatic hydroxyl groups is 1. The van der Waals surface area contributed by atoms with Crippen molar-refractivity contribution in [2.75, 3.05) is 6.61 Å². The Labute approximate surface area is 124 Å².